The van der Waals surface area contributed by atoms with Gasteiger partial charge in [0.05, 0.1) is 31.8 Å². The van der Waals surface area contributed by atoms with Gasteiger partial charge in [0.1, 0.15) is 10.9 Å². The number of pyridine rings is 1. The number of halogens is 3. The van der Waals surface area contributed by atoms with Crippen molar-refractivity contribution in [1.82, 2.24) is 10.4 Å². The largest absolute Gasteiger partial charge is 0.506 e. The van der Waals surface area contributed by atoms with Crippen molar-refractivity contribution in [1.29, 1.82) is 0 Å². The molecule has 0 aliphatic carbocycles. The predicted molar refractivity (Wildman–Crippen MR) is 110 cm³/mol. The van der Waals surface area contributed by atoms with E-state index in [-0.39, 0.29) is 16.5 Å². The number of hydrogen-bond donors (Lipinski definition) is 2. The highest BCUT2D eigenvalue weighted by Gasteiger charge is 2.16. The molecule has 0 bridgehead atoms. The van der Waals surface area contributed by atoms with E-state index in [1.54, 1.807) is 42.6 Å². The molecule has 2 aromatic heterocycles. The second-order valence-corrected chi connectivity index (χ2v) is 7.49. The Morgan fingerprint density at radius 3 is 2.67 bits per heavy atom. The maximum absolute atomic E-state index is 12.2. The molecule has 0 aliphatic heterocycles. The summed E-state index contributed by atoms with van der Waals surface area (Å²) in [4.78, 5) is 16.6. The van der Waals surface area contributed by atoms with Crippen molar-refractivity contribution in [2.24, 2.45) is 5.10 Å². The average molecular weight is 441 g/mol. The summed E-state index contributed by atoms with van der Waals surface area (Å²) in [5.41, 5.74) is 4.29. The van der Waals surface area contributed by atoms with Crippen LogP contribution in [0.15, 0.2) is 47.0 Å². The van der Waals surface area contributed by atoms with Crippen LogP contribution in [0, 0.1) is 0 Å². The highest BCUT2D eigenvalue weighted by atomic mass is 35.5. The average Bonchev–Trinajstić information content (AvgIpc) is 3.03. The zero-order chi connectivity index (χ0) is 19.6. The summed E-state index contributed by atoms with van der Waals surface area (Å²) < 4.78 is 0. The first-order valence-electron chi connectivity index (χ1n) is 7.60. The van der Waals surface area contributed by atoms with Crippen molar-refractivity contribution < 1.29 is 9.90 Å². The SMILES string of the molecule is C/C(=N\NC(=O)c1cccnc1Cl)c1csc(-c2ccc(Cl)c(Cl)c2)c1O. The second-order valence-electron chi connectivity index (χ2n) is 5.44. The molecule has 0 spiro atoms. The third-order valence-electron chi connectivity index (χ3n) is 3.67. The summed E-state index contributed by atoms with van der Waals surface area (Å²) in [5, 5.41) is 17.3. The first kappa shape index (κ1) is 19.6. The number of aromatic nitrogens is 1. The Morgan fingerprint density at radius 1 is 1.19 bits per heavy atom. The van der Waals surface area contributed by atoms with Crippen LogP contribution in [0.1, 0.15) is 22.8 Å². The van der Waals surface area contributed by atoms with Crippen molar-refractivity contribution >= 4 is 57.8 Å². The molecular formula is C18H12Cl3N3O2S. The van der Waals surface area contributed by atoms with Gasteiger partial charge in [0.2, 0.25) is 0 Å². The van der Waals surface area contributed by atoms with Gasteiger partial charge in [-0.3, -0.25) is 4.79 Å². The van der Waals surface area contributed by atoms with E-state index in [2.05, 4.69) is 15.5 Å². The quantitative estimate of drug-likeness (QED) is 0.314. The number of hydrazone groups is 1. The topological polar surface area (TPSA) is 74.6 Å². The fourth-order valence-electron chi connectivity index (χ4n) is 2.26. The molecule has 2 N–H and O–H groups in total. The maximum atomic E-state index is 12.2. The molecule has 0 radical (unpaired) electrons. The van der Waals surface area contributed by atoms with Crippen molar-refractivity contribution in [2.75, 3.05) is 0 Å². The molecule has 0 unspecified atom stereocenters. The van der Waals surface area contributed by atoms with Gasteiger partial charge in [-0.05, 0) is 36.8 Å². The Kier molecular flexibility index (Phi) is 6.01. The van der Waals surface area contributed by atoms with Gasteiger partial charge in [0.25, 0.3) is 5.91 Å². The van der Waals surface area contributed by atoms with Crippen LogP contribution in [0.4, 0.5) is 0 Å². The molecule has 9 heteroatoms. The molecule has 1 amide bonds. The van der Waals surface area contributed by atoms with Crippen molar-refractivity contribution in [3.63, 3.8) is 0 Å². The van der Waals surface area contributed by atoms with E-state index >= 15 is 0 Å². The van der Waals surface area contributed by atoms with Gasteiger partial charge in [-0.1, -0.05) is 40.9 Å². The standard InChI is InChI=1S/C18H12Cl3N3O2S/c1-9(23-24-18(26)11-3-2-6-22-17(11)21)12-8-27-16(15(12)25)10-4-5-13(19)14(20)7-10/h2-8,25H,1H3,(H,24,26)/b23-9+. The van der Waals surface area contributed by atoms with Gasteiger partial charge < -0.3 is 5.11 Å². The molecule has 0 saturated carbocycles. The number of carbonyl (C=O) groups excluding carboxylic acids is 1. The van der Waals surface area contributed by atoms with Crippen LogP contribution in [0.25, 0.3) is 10.4 Å². The van der Waals surface area contributed by atoms with Crippen LogP contribution in [0.3, 0.4) is 0 Å². The summed E-state index contributed by atoms with van der Waals surface area (Å²) >= 11 is 19.2. The minimum atomic E-state index is -0.494. The number of benzene rings is 1. The molecule has 138 valence electrons. The molecule has 0 fully saturated rings. The van der Waals surface area contributed by atoms with Gasteiger partial charge in [-0.2, -0.15) is 5.10 Å². The minimum absolute atomic E-state index is 0.0494. The number of carbonyl (C=O) groups is 1. The molecule has 27 heavy (non-hydrogen) atoms. The zero-order valence-electron chi connectivity index (χ0n) is 13.8. The van der Waals surface area contributed by atoms with E-state index in [0.717, 1.165) is 5.56 Å². The highest BCUT2D eigenvalue weighted by Crippen LogP contribution is 2.40. The molecule has 5 nitrogen and oxygen atoms in total. The van der Waals surface area contributed by atoms with Crippen LogP contribution in [-0.4, -0.2) is 21.7 Å². The molecular weight excluding hydrogens is 429 g/mol. The van der Waals surface area contributed by atoms with Crippen LogP contribution in [0.5, 0.6) is 5.75 Å². The van der Waals surface area contributed by atoms with Gasteiger partial charge in [-0.25, -0.2) is 10.4 Å². The molecule has 1 aromatic carbocycles. The Bertz CT molecular complexity index is 1050. The van der Waals surface area contributed by atoms with Crippen LogP contribution >= 0.6 is 46.1 Å². The third kappa shape index (κ3) is 4.25. The Balaban J connectivity index is 1.83. The fourth-order valence-corrected chi connectivity index (χ4v) is 3.77. The molecule has 0 saturated heterocycles. The lowest BCUT2D eigenvalue weighted by molar-refractivity contribution is 0.0954. The number of rotatable bonds is 4. The summed E-state index contributed by atoms with van der Waals surface area (Å²) in [6.07, 6.45) is 1.49. The fraction of sp³-hybridized carbons (Fsp3) is 0.0556. The highest BCUT2D eigenvalue weighted by molar-refractivity contribution is 7.14. The van der Waals surface area contributed by atoms with E-state index in [1.807, 2.05) is 0 Å². The Labute approximate surface area is 174 Å². The lowest BCUT2D eigenvalue weighted by Gasteiger charge is -2.05. The Morgan fingerprint density at radius 2 is 1.96 bits per heavy atom. The van der Waals surface area contributed by atoms with E-state index in [0.29, 0.717) is 26.2 Å². The molecule has 3 rings (SSSR count). The molecule has 3 aromatic rings. The summed E-state index contributed by atoms with van der Waals surface area (Å²) in [6, 6.07) is 8.25. The molecule has 0 aliphatic rings. The first-order chi connectivity index (χ1) is 12.9. The monoisotopic (exact) mass is 439 g/mol. The van der Waals surface area contributed by atoms with Gasteiger partial charge in [0.15, 0.2) is 0 Å². The number of amides is 1. The predicted octanol–water partition coefficient (Wildman–Crippen LogP) is 5.63. The number of nitrogens with zero attached hydrogens (tertiary/aromatic N) is 2. The van der Waals surface area contributed by atoms with Crippen LogP contribution in [-0.2, 0) is 0 Å². The van der Waals surface area contributed by atoms with Crippen molar-refractivity contribution in [2.45, 2.75) is 6.92 Å². The second kappa shape index (κ2) is 8.27. The van der Waals surface area contributed by atoms with E-state index in [1.165, 1.54) is 17.5 Å². The number of nitrogens with one attached hydrogen (secondary N) is 1. The number of aromatic hydroxyl groups is 1. The van der Waals surface area contributed by atoms with Crippen molar-refractivity contribution in [3.8, 4) is 16.2 Å². The number of thiophene rings is 1. The van der Waals surface area contributed by atoms with Crippen molar-refractivity contribution in [3.05, 3.63) is 68.2 Å². The van der Waals surface area contributed by atoms with Gasteiger partial charge in [-0.15, -0.1) is 11.3 Å². The van der Waals surface area contributed by atoms with Gasteiger partial charge in [0, 0.05) is 11.6 Å². The third-order valence-corrected chi connectivity index (χ3v) is 5.72. The van der Waals surface area contributed by atoms with Gasteiger partial charge >= 0.3 is 0 Å². The maximum Gasteiger partial charge on any atom is 0.274 e. The molecule has 0 atom stereocenters. The van der Waals surface area contributed by atoms with Crippen LogP contribution < -0.4 is 5.43 Å². The first-order valence-corrected chi connectivity index (χ1v) is 9.61. The number of hydrogen-bond acceptors (Lipinski definition) is 5. The van der Waals surface area contributed by atoms with Crippen LogP contribution in [0.2, 0.25) is 15.2 Å². The van der Waals surface area contributed by atoms with E-state index in [4.69, 9.17) is 34.8 Å². The smallest absolute Gasteiger partial charge is 0.274 e. The normalized spacial score (nSPS) is 11.5. The summed E-state index contributed by atoms with van der Waals surface area (Å²) in [7, 11) is 0. The lowest BCUT2D eigenvalue weighted by atomic mass is 10.1. The summed E-state index contributed by atoms with van der Waals surface area (Å²) in [6.45, 7) is 1.67. The molecule has 2 heterocycles. The minimum Gasteiger partial charge on any atom is -0.506 e. The Hall–Kier alpha value is -2.12. The zero-order valence-corrected chi connectivity index (χ0v) is 16.9. The van der Waals surface area contributed by atoms with E-state index < -0.39 is 5.91 Å². The lowest BCUT2D eigenvalue weighted by Crippen LogP contribution is -2.19. The van der Waals surface area contributed by atoms with E-state index in [9.17, 15) is 9.90 Å². The summed E-state index contributed by atoms with van der Waals surface area (Å²) in [5.74, 6) is -0.444.